The van der Waals surface area contributed by atoms with Gasteiger partial charge < -0.3 is 15.5 Å². The summed E-state index contributed by atoms with van der Waals surface area (Å²) in [4.78, 5) is 45.3. The van der Waals surface area contributed by atoms with Crippen molar-refractivity contribution in [3.63, 3.8) is 0 Å². The molecule has 192 valence electrons. The van der Waals surface area contributed by atoms with Gasteiger partial charge >= 0.3 is 11.9 Å². The van der Waals surface area contributed by atoms with E-state index in [1.54, 1.807) is 0 Å². The van der Waals surface area contributed by atoms with Crippen LogP contribution in [0.4, 0.5) is 0 Å². The van der Waals surface area contributed by atoms with Crippen LogP contribution in [-0.2, 0) is 19.2 Å². The van der Waals surface area contributed by atoms with Gasteiger partial charge in [0, 0.05) is 25.7 Å². The quantitative estimate of drug-likeness (QED) is 0.148. The first-order chi connectivity index (χ1) is 15.9. The number of rotatable bonds is 24. The van der Waals surface area contributed by atoms with E-state index in [-0.39, 0.29) is 24.5 Å². The first-order valence-electron chi connectivity index (χ1n) is 13.1. The molecule has 0 rings (SSSR count). The molecule has 0 unspecified atom stereocenters. The minimum Gasteiger partial charge on any atom is -0.481 e. The third kappa shape index (κ3) is 21.7. The zero-order valence-corrected chi connectivity index (χ0v) is 20.7. The molecule has 1 amide bonds. The van der Waals surface area contributed by atoms with Gasteiger partial charge in [0.1, 0.15) is 11.8 Å². The molecule has 0 aliphatic carbocycles. The van der Waals surface area contributed by atoms with Crippen LogP contribution in [0, 0.1) is 0 Å². The summed E-state index contributed by atoms with van der Waals surface area (Å²) in [5.74, 6) is -1.98. The molecule has 1 atom stereocenters. The van der Waals surface area contributed by atoms with Crippen molar-refractivity contribution in [3.8, 4) is 0 Å². The summed E-state index contributed by atoms with van der Waals surface area (Å²) in [6, 6.07) is -0.977. The average molecular weight is 470 g/mol. The van der Waals surface area contributed by atoms with Gasteiger partial charge in [-0.15, -0.1) is 0 Å². The van der Waals surface area contributed by atoms with Gasteiger partial charge in [0.15, 0.2) is 0 Å². The first kappa shape index (κ1) is 31.1. The van der Waals surface area contributed by atoms with E-state index in [0.717, 1.165) is 44.9 Å². The number of carbonyl (C=O) groups is 4. The van der Waals surface area contributed by atoms with Gasteiger partial charge in [-0.05, 0) is 25.7 Å². The lowest BCUT2D eigenvalue weighted by Crippen LogP contribution is -2.41. The highest BCUT2D eigenvalue weighted by atomic mass is 16.4. The van der Waals surface area contributed by atoms with Crippen molar-refractivity contribution in [2.45, 2.75) is 141 Å². The summed E-state index contributed by atoms with van der Waals surface area (Å²) in [5.41, 5.74) is 0. The number of Topliss-reactive ketones (excluding diaryl/α,β-unsaturated/α-hetero) is 1. The standard InChI is InChI=1S/C26H47NO6/c1-2-17-22(28)20-21-23(26(32)33)27-24(29)18-15-13-11-9-7-5-3-4-6-8-10-12-14-16-19-25(30)31/h23H,2-21H2,1H3,(H,27,29)(H,30,31)(H,32,33)/t23-/m0/s1. The van der Waals surface area contributed by atoms with Crippen LogP contribution in [-0.4, -0.2) is 39.9 Å². The van der Waals surface area contributed by atoms with E-state index in [2.05, 4.69) is 5.32 Å². The molecule has 0 heterocycles. The molecule has 0 bridgehead atoms. The normalized spacial score (nSPS) is 11.8. The summed E-state index contributed by atoms with van der Waals surface area (Å²) in [5, 5.41) is 20.4. The van der Waals surface area contributed by atoms with Gasteiger partial charge in [-0.2, -0.15) is 0 Å². The zero-order chi connectivity index (χ0) is 24.7. The predicted octanol–water partition coefficient (Wildman–Crippen LogP) is 6.03. The average Bonchev–Trinajstić information content (AvgIpc) is 2.76. The Balaban J connectivity index is 3.52. The molecule has 0 aromatic rings. The molecule has 0 aliphatic rings. The third-order valence-corrected chi connectivity index (χ3v) is 5.92. The largest absolute Gasteiger partial charge is 0.481 e. The Hall–Kier alpha value is -1.92. The molecule has 0 saturated carbocycles. The van der Waals surface area contributed by atoms with Crippen LogP contribution in [0.15, 0.2) is 0 Å². The molecular weight excluding hydrogens is 422 g/mol. The lowest BCUT2D eigenvalue weighted by Gasteiger charge is -2.14. The first-order valence-corrected chi connectivity index (χ1v) is 13.1. The Morgan fingerprint density at radius 1 is 0.606 bits per heavy atom. The van der Waals surface area contributed by atoms with Crippen LogP contribution in [0.5, 0.6) is 0 Å². The van der Waals surface area contributed by atoms with Crippen molar-refractivity contribution < 1.29 is 29.4 Å². The van der Waals surface area contributed by atoms with Crippen molar-refractivity contribution >= 4 is 23.6 Å². The topological polar surface area (TPSA) is 121 Å². The Kier molecular flexibility index (Phi) is 20.6. The van der Waals surface area contributed by atoms with Gasteiger partial charge in [0.25, 0.3) is 0 Å². The number of carbonyl (C=O) groups excluding carboxylic acids is 2. The Labute approximate surface area is 200 Å². The Bertz CT molecular complexity index is 549. The van der Waals surface area contributed by atoms with Crippen LogP contribution in [0.1, 0.15) is 135 Å². The van der Waals surface area contributed by atoms with Crippen LogP contribution >= 0.6 is 0 Å². The molecule has 33 heavy (non-hydrogen) atoms. The summed E-state index contributed by atoms with van der Waals surface area (Å²) in [7, 11) is 0. The van der Waals surface area contributed by atoms with E-state index in [9.17, 15) is 24.3 Å². The van der Waals surface area contributed by atoms with Gasteiger partial charge in [0.05, 0.1) is 0 Å². The van der Waals surface area contributed by atoms with Crippen LogP contribution in [0.2, 0.25) is 0 Å². The molecule has 7 nitrogen and oxygen atoms in total. The molecule has 0 aliphatic heterocycles. The van der Waals surface area contributed by atoms with Crippen molar-refractivity contribution in [2.24, 2.45) is 0 Å². The van der Waals surface area contributed by atoms with Crippen molar-refractivity contribution in [3.05, 3.63) is 0 Å². The lowest BCUT2D eigenvalue weighted by molar-refractivity contribution is -0.142. The summed E-state index contributed by atoms with van der Waals surface area (Å²) < 4.78 is 0. The second-order valence-corrected chi connectivity index (χ2v) is 9.13. The maximum Gasteiger partial charge on any atom is 0.326 e. The second kappa shape index (κ2) is 21.9. The highest BCUT2D eigenvalue weighted by Crippen LogP contribution is 2.14. The molecular formula is C26H47NO6. The van der Waals surface area contributed by atoms with E-state index >= 15 is 0 Å². The van der Waals surface area contributed by atoms with Gasteiger partial charge in [-0.1, -0.05) is 84.0 Å². The summed E-state index contributed by atoms with van der Waals surface area (Å²) in [6.45, 7) is 1.91. The van der Waals surface area contributed by atoms with E-state index in [0.29, 0.717) is 19.3 Å². The van der Waals surface area contributed by atoms with Crippen LogP contribution in [0.25, 0.3) is 0 Å². The Morgan fingerprint density at radius 3 is 1.42 bits per heavy atom. The number of hydrogen-bond donors (Lipinski definition) is 3. The number of nitrogens with one attached hydrogen (secondary N) is 1. The number of hydrogen-bond acceptors (Lipinski definition) is 4. The van der Waals surface area contributed by atoms with E-state index in [4.69, 9.17) is 5.11 Å². The number of carboxylic acid groups (broad SMARTS) is 2. The fraction of sp³-hybridized carbons (Fsp3) is 0.846. The molecule has 3 N–H and O–H groups in total. The molecule has 0 aromatic carbocycles. The SMILES string of the molecule is CCCC(=O)CC[C@H](NC(=O)CCCCCCCCCCCCCCCCC(=O)O)C(=O)O. The third-order valence-electron chi connectivity index (χ3n) is 5.92. The van der Waals surface area contributed by atoms with E-state index in [1.165, 1.54) is 51.4 Å². The maximum absolute atomic E-state index is 12.0. The number of ketones is 1. The maximum atomic E-state index is 12.0. The van der Waals surface area contributed by atoms with E-state index < -0.39 is 18.0 Å². The number of amides is 1. The van der Waals surface area contributed by atoms with Crippen molar-refractivity contribution in [1.29, 1.82) is 0 Å². The lowest BCUT2D eigenvalue weighted by atomic mass is 10.0. The summed E-state index contributed by atoms with van der Waals surface area (Å²) in [6.07, 6.45) is 17.9. The Morgan fingerprint density at radius 2 is 1.03 bits per heavy atom. The minimum absolute atomic E-state index is 0.0444. The molecule has 0 fully saturated rings. The number of carboxylic acids is 2. The smallest absolute Gasteiger partial charge is 0.326 e. The van der Waals surface area contributed by atoms with Gasteiger partial charge in [-0.3, -0.25) is 14.4 Å². The fourth-order valence-corrected chi connectivity index (χ4v) is 3.92. The highest BCUT2D eigenvalue weighted by molar-refractivity contribution is 5.84. The fourth-order valence-electron chi connectivity index (χ4n) is 3.92. The summed E-state index contributed by atoms with van der Waals surface area (Å²) >= 11 is 0. The molecule has 7 heteroatoms. The predicted molar refractivity (Wildman–Crippen MR) is 130 cm³/mol. The van der Waals surface area contributed by atoms with E-state index in [1.807, 2.05) is 6.92 Å². The van der Waals surface area contributed by atoms with Gasteiger partial charge in [0.2, 0.25) is 5.91 Å². The van der Waals surface area contributed by atoms with Crippen molar-refractivity contribution in [1.82, 2.24) is 5.32 Å². The van der Waals surface area contributed by atoms with Crippen LogP contribution < -0.4 is 5.32 Å². The zero-order valence-electron chi connectivity index (χ0n) is 20.7. The number of unbranched alkanes of at least 4 members (excludes halogenated alkanes) is 13. The van der Waals surface area contributed by atoms with Gasteiger partial charge in [-0.25, -0.2) is 4.79 Å². The van der Waals surface area contributed by atoms with Crippen LogP contribution in [0.3, 0.4) is 0 Å². The minimum atomic E-state index is -1.08. The number of aliphatic carboxylic acids is 2. The molecule has 0 saturated heterocycles. The van der Waals surface area contributed by atoms with Crippen molar-refractivity contribution in [2.75, 3.05) is 0 Å². The second-order valence-electron chi connectivity index (χ2n) is 9.13. The molecule has 0 radical (unpaired) electrons. The molecule has 0 spiro atoms. The highest BCUT2D eigenvalue weighted by Gasteiger charge is 2.20. The monoisotopic (exact) mass is 469 g/mol. The molecule has 0 aromatic heterocycles.